The molecule has 3 aromatic rings. The molecule has 0 atom stereocenters. The van der Waals surface area contributed by atoms with E-state index in [4.69, 9.17) is 0 Å². The van der Waals surface area contributed by atoms with E-state index in [1.54, 1.807) is 35.2 Å². The first-order chi connectivity index (χ1) is 13.4. The fourth-order valence-electron chi connectivity index (χ4n) is 3.09. The number of rotatable bonds is 6. The van der Waals surface area contributed by atoms with Crippen LogP contribution in [0.5, 0.6) is 0 Å². The van der Waals surface area contributed by atoms with Gasteiger partial charge in [0.15, 0.2) is 0 Å². The molecule has 1 aromatic carbocycles. The predicted molar refractivity (Wildman–Crippen MR) is 108 cm³/mol. The molecule has 6 nitrogen and oxygen atoms in total. The van der Waals surface area contributed by atoms with Crippen molar-refractivity contribution in [3.8, 4) is 0 Å². The largest absolute Gasteiger partial charge is 0.319 e. The standard InChI is InChI=1S/C21H24FN5O/c1-5-26-15(3)17(12-23-26)10-11-20(28)24-21-14(2)25-27(16(21)4)13-18-8-6-7-9-19(18)22/h6-12H,5,13H2,1-4H3,(H,24,28)/b11-10+. The number of carbonyl (C=O) groups is 1. The van der Waals surface area contributed by atoms with Crippen LogP contribution in [0.15, 0.2) is 36.5 Å². The van der Waals surface area contributed by atoms with Crippen LogP contribution >= 0.6 is 0 Å². The van der Waals surface area contributed by atoms with Crippen molar-refractivity contribution in [3.05, 3.63) is 70.6 Å². The second kappa shape index (κ2) is 8.21. The normalized spacial score (nSPS) is 11.3. The number of benzene rings is 1. The molecule has 2 aromatic heterocycles. The Kier molecular flexibility index (Phi) is 5.73. The summed E-state index contributed by atoms with van der Waals surface area (Å²) in [5.41, 5.74) is 4.57. The number of anilines is 1. The monoisotopic (exact) mass is 381 g/mol. The fourth-order valence-corrected chi connectivity index (χ4v) is 3.09. The summed E-state index contributed by atoms with van der Waals surface area (Å²) in [5.74, 6) is -0.521. The van der Waals surface area contributed by atoms with Gasteiger partial charge < -0.3 is 5.32 Å². The van der Waals surface area contributed by atoms with Crippen LogP contribution in [0.3, 0.4) is 0 Å². The number of hydrogen-bond donors (Lipinski definition) is 1. The van der Waals surface area contributed by atoms with Crippen molar-refractivity contribution in [1.29, 1.82) is 0 Å². The molecule has 0 aliphatic carbocycles. The lowest BCUT2D eigenvalue weighted by atomic mass is 10.2. The zero-order valence-electron chi connectivity index (χ0n) is 16.5. The van der Waals surface area contributed by atoms with E-state index in [0.717, 1.165) is 23.5 Å². The highest BCUT2D eigenvalue weighted by atomic mass is 19.1. The number of amides is 1. The Morgan fingerprint density at radius 3 is 2.61 bits per heavy atom. The topological polar surface area (TPSA) is 64.7 Å². The quantitative estimate of drug-likeness (QED) is 0.660. The van der Waals surface area contributed by atoms with E-state index in [-0.39, 0.29) is 11.7 Å². The molecule has 0 saturated heterocycles. The molecule has 0 radical (unpaired) electrons. The van der Waals surface area contributed by atoms with E-state index in [9.17, 15) is 9.18 Å². The lowest BCUT2D eigenvalue weighted by Crippen LogP contribution is -2.10. The van der Waals surface area contributed by atoms with Gasteiger partial charge in [0, 0.05) is 29.4 Å². The first kappa shape index (κ1) is 19.5. The van der Waals surface area contributed by atoms with Crippen LogP contribution in [-0.4, -0.2) is 25.5 Å². The number of carbonyl (C=O) groups excluding carboxylic acids is 1. The Morgan fingerprint density at radius 2 is 1.93 bits per heavy atom. The summed E-state index contributed by atoms with van der Waals surface area (Å²) in [4.78, 5) is 12.4. The molecule has 0 aliphatic heterocycles. The Balaban J connectivity index is 1.74. The third-order valence-corrected chi connectivity index (χ3v) is 4.76. The Labute approximate surface area is 163 Å². The van der Waals surface area contributed by atoms with E-state index in [1.165, 1.54) is 12.1 Å². The minimum Gasteiger partial charge on any atom is -0.319 e. The molecule has 0 aliphatic rings. The van der Waals surface area contributed by atoms with Crippen LogP contribution in [0.2, 0.25) is 0 Å². The molecule has 3 rings (SSSR count). The average Bonchev–Trinajstić information content (AvgIpc) is 3.16. The molecule has 2 heterocycles. The summed E-state index contributed by atoms with van der Waals surface area (Å²) in [7, 11) is 0. The molecule has 0 bridgehead atoms. The number of aromatic nitrogens is 4. The fraction of sp³-hybridized carbons (Fsp3) is 0.286. The van der Waals surface area contributed by atoms with Gasteiger partial charge >= 0.3 is 0 Å². The summed E-state index contributed by atoms with van der Waals surface area (Å²) in [5, 5.41) is 11.6. The molecule has 0 unspecified atom stereocenters. The first-order valence-electron chi connectivity index (χ1n) is 9.19. The van der Waals surface area contributed by atoms with E-state index >= 15 is 0 Å². The smallest absolute Gasteiger partial charge is 0.248 e. The van der Waals surface area contributed by atoms with Crippen LogP contribution in [-0.2, 0) is 17.9 Å². The van der Waals surface area contributed by atoms with E-state index in [2.05, 4.69) is 15.5 Å². The van der Waals surface area contributed by atoms with Gasteiger partial charge in [-0.25, -0.2) is 4.39 Å². The van der Waals surface area contributed by atoms with Crippen molar-refractivity contribution in [2.45, 2.75) is 40.8 Å². The second-order valence-corrected chi connectivity index (χ2v) is 6.62. The van der Waals surface area contributed by atoms with Crippen molar-refractivity contribution in [3.63, 3.8) is 0 Å². The van der Waals surface area contributed by atoms with Gasteiger partial charge in [0.1, 0.15) is 5.82 Å². The third kappa shape index (κ3) is 4.03. The summed E-state index contributed by atoms with van der Waals surface area (Å²) in [6.45, 7) is 8.75. The molecule has 0 fully saturated rings. The number of aryl methyl sites for hydroxylation is 2. The van der Waals surface area contributed by atoms with Crippen LogP contribution in [0.4, 0.5) is 10.1 Å². The lowest BCUT2D eigenvalue weighted by molar-refractivity contribution is -0.111. The van der Waals surface area contributed by atoms with E-state index in [0.29, 0.717) is 23.5 Å². The van der Waals surface area contributed by atoms with Crippen molar-refractivity contribution >= 4 is 17.7 Å². The van der Waals surface area contributed by atoms with Gasteiger partial charge in [-0.15, -0.1) is 0 Å². The van der Waals surface area contributed by atoms with Crippen molar-refractivity contribution < 1.29 is 9.18 Å². The van der Waals surface area contributed by atoms with Gasteiger partial charge in [-0.2, -0.15) is 10.2 Å². The highest BCUT2D eigenvalue weighted by molar-refractivity contribution is 6.02. The molecule has 1 N–H and O–H groups in total. The molecule has 7 heteroatoms. The maximum atomic E-state index is 13.9. The number of nitrogens with zero attached hydrogens (tertiary/aromatic N) is 4. The maximum absolute atomic E-state index is 13.9. The third-order valence-electron chi connectivity index (χ3n) is 4.76. The van der Waals surface area contributed by atoms with E-state index < -0.39 is 0 Å². The van der Waals surface area contributed by atoms with Gasteiger partial charge in [0.05, 0.1) is 29.8 Å². The summed E-state index contributed by atoms with van der Waals surface area (Å²) < 4.78 is 17.5. The predicted octanol–water partition coefficient (Wildman–Crippen LogP) is 3.86. The highest BCUT2D eigenvalue weighted by Crippen LogP contribution is 2.21. The second-order valence-electron chi connectivity index (χ2n) is 6.62. The van der Waals surface area contributed by atoms with Gasteiger partial charge in [-0.3, -0.25) is 14.2 Å². The zero-order chi connectivity index (χ0) is 20.3. The molecular formula is C21H24FN5O. The molecule has 28 heavy (non-hydrogen) atoms. The summed E-state index contributed by atoms with van der Waals surface area (Å²) in [6, 6.07) is 6.60. The maximum Gasteiger partial charge on any atom is 0.248 e. The van der Waals surface area contributed by atoms with Crippen LogP contribution in [0.25, 0.3) is 6.08 Å². The van der Waals surface area contributed by atoms with Crippen LogP contribution in [0.1, 0.15) is 35.1 Å². The van der Waals surface area contributed by atoms with Crippen molar-refractivity contribution in [2.24, 2.45) is 0 Å². The van der Waals surface area contributed by atoms with E-state index in [1.807, 2.05) is 32.4 Å². The zero-order valence-corrected chi connectivity index (χ0v) is 16.5. The number of nitrogens with one attached hydrogen (secondary N) is 1. The minimum absolute atomic E-state index is 0.250. The highest BCUT2D eigenvalue weighted by Gasteiger charge is 2.14. The SMILES string of the molecule is CCn1ncc(/C=C/C(=O)Nc2c(C)nn(Cc3ccccc3F)c2C)c1C. The van der Waals surface area contributed by atoms with Gasteiger partial charge in [-0.05, 0) is 39.8 Å². The Hall–Kier alpha value is -3.22. The van der Waals surface area contributed by atoms with Gasteiger partial charge in [0.2, 0.25) is 5.91 Å². The van der Waals surface area contributed by atoms with Gasteiger partial charge in [-0.1, -0.05) is 18.2 Å². The van der Waals surface area contributed by atoms with Crippen molar-refractivity contribution in [2.75, 3.05) is 5.32 Å². The van der Waals surface area contributed by atoms with Crippen LogP contribution < -0.4 is 5.32 Å². The average molecular weight is 381 g/mol. The number of hydrogen-bond acceptors (Lipinski definition) is 3. The molecule has 146 valence electrons. The minimum atomic E-state index is -0.272. The summed E-state index contributed by atoms with van der Waals surface area (Å²) in [6.07, 6.45) is 4.97. The summed E-state index contributed by atoms with van der Waals surface area (Å²) >= 11 is 0. The molecule has 0 spiro atoms. The molecule has 1 amide bonds. The molecule has 0 saturated carbocycles. The Bertz CT molecular complexity index is 1030. The molecular weight excluding hydrogens is 357 g/mol. The Morgan fingerprint density at radius 1 is 1.18 bits per heavy atom. The van der Waals surface area contributed by atoms with Crippen molar-refractivity contribution in [1.82, 2.24) is 19.6 Å². The van der Waals surface area contributed by atoms with Crippen LogP contribution in [0, 0.1) is 26.6 Å². The first-order valence-corrected chi connectivity index (χ1v) is 9.19. The lowest BCUT2D eigenvalue weighted by Gasteiger charge is -2.07. The number of halogens is 1. The van der Waals surface area contributed by atoms with Gasteiger partial charge in [0.25, 0.3) is 0 Å².